The molecule has 3 nitrogen and oxygen atoms in total. The molecule has 0 aromatic rings. The lowest BCUT2D eigenvalue weighted by Gasteiger charge is -2.07. The first-order valence-electron chi connectivity index (χ1n) is 4.41. The molecule has 0 bridgehead atoms. The Kier molecular flexibility index (Phi) is 4.16. The van der Waals surface area contributed by atoms with Crippen LogP contribution < -0.4 is 11.1 Å². The van der Waals surface area contributed by atoms with Gasteiger partial charge >= 0.3 is 0 Å². The first-order chi connectivity index (χ1) is 5.43. The minimum Gasteiger partial charge on any atom is -0.325 e. The van der Waals surface area contributed by atoms with Crippen molar-refractivity contribution in [3.05, 3.63) is 0 Å². The van der Waals surface area contributed by atoms with Crippen LogP contribution in [0.15, 0.2) is 0 Å². The Bertz CT molecular complexity index is 131. The van der Waals surface area contributed by atoms with Crippen LogP contribution in [-0.2, 0) is 0 Å². The predicted molar refractivity (Wildman–Crippen MR) is 47.2 cm³/mol. The smallest absolute Gasteiger partial charge is 0.154 e. The van der Waals surface area contributed by atoms with E-state index in [-0.39, 0.29) is 0 Å². The van der Waals surface area contributed by atoms with Gasteiger partial charge in [-0.1, -0.05) is 0 Å². The van der Waals surface area contributed by atoms with Crippen LogP contribution in [0.1, 0.15) is 12.8 Å². The van der Waals surface area contributed by atoms with E-state index < -0.39 is 0 Å². The Morgan fingerprint density at radius 3 is 3.18 bits per heavy atom. The van der Waals surface area contributed by atoms with E-state index in [0.717, 1.165) is 39.1 Å². The van der Waals surface area contributed by atoms with Gasteiger partial charge < -0.3 is 11.1 Å². The van der Waals surface area contributed by atoms with E-state index in [2.05, 4.69) is 16.1 Å². The van der Waals surface area contributed by atoms with Gasteiger partial charge in [0.15, 0.2) is 6.54 Å². The quantitative estimate of drug-likeness (QED) is 0.525. The molecule has 0 unspecified atom stereocenters. The first kappa shape index (κ1) is 8.68. The van der Waals surface area contributed by atoms with Gasteiger partial charge in [-0.15, -0.1) is 0 Å². The highest BCUT2D eigenvalue weighted by Crippen LogP contribution is 1.86. The topological polar surface area (TPSA) is 41.1 Å². The summed E-state index contributed by atoms with van der Waals surface area (Å²) in [5, 5.41) is 3.36. The minimum atomic E-state index is 0.768. The molecule has 0 aromatic heterocycles. The summed E-state index contributed by atoms with van der Waals surface area (Å²) in [4.78, 5) is 0. The lowest BCUT2D eigenvalue weighted by molar-refractivity contribution is -0.522. The molecule has 64 valence electrons. The molecular formula is C8H18N3+. The van der Waals surface area contributed by atoms with Gasteiger partial charge in [-0.25, -0.2) is 4.58 Å². The molecule has 0 atom stereocenters. The van der Waals surface area contributed by atoms with Crippen molar-refractivity contribution in [1.82, 2.24) is 5.32 Å². The summed E-state index contributed by atoms with van der Waals surface area (Å²) in [7, 11) is 0. The summed E-state index contributed by atoms with van der Waals surface area (Å²) in [5.74, 6) is 0. The van der Waals surface area contributed by atoms with Gasteiger partial charge in [-0.05, 0) is 0 Å². The first-order valence-corrected chi connectivity index (χ1v) is 4.41. The number of nitrogens with one attached hydrogen (secondary N) is 1. The second kappa shape index (κ2) is 5.27. The van der Waals surface area contributed by atoms with Gasteiger partial charge in [0.2, 0.25) is 0 Å². The molecular weight excluding hydrogens is 138 g/mol. The van der Waals surface area contributed by atoms with E-state index in [1.165, 1.54) is 6.42 Å². The molecule has 1 aliphatic heterocycles. The minimum absolute atomic E-state index is 0.768. The largest absolute Gasteiger partial charge is 0.325 e. The van der Waals surface area contributed by atoms with Crippen molar-refractivity contribution in [3.63, 3.8) is 0 Å². The third-order valence-electron chi connectivity index (χ3n) is 1.92. The second-order valence-electron chi connectivity index (χ2n) is 2.90. The molecule has 0 amide bonds. The summed E-state index contributed by atoms with van der Waals surface area (Å²) in [6.45, 7) is 5.20. The predicted octanol–water partition coefficient (Wildman–Crippen LogP) is -0.588. The molecule has 0 fully saturated rings. The molecule has 1 aliphatic rings. The average Bonchev–Trinajstić information content (AvgIpc) is 1.94. The highest BCUT2D eigenvalue weighted by molar-refractivity contribution is 5.51. The molecule has 3 N–H and O–H groups in total. The van der Waals surface area contributed by atoms with Gasteiger partial charge in [-0.3, -0.25) is 0 Å². The Morgan fingerprint density at radius 1 is 1.45 bits per heavy atom. The molecule has 1 rings (SSSR count). The van der Waals surface area contributed by atoms with Crippen molar-refractivity contribution in [2.24, 2.45) is 5.73 Å². The fourth-order valence-electron chi connectivity index (χ4n) is 1.34. The Hall–Kier alpha value is -0.410. The Balaban J connectivity index is 2.32. The van der Waals surface area contributed by atoms with Crippen LogP contribution in [0.3, 0.4) is 0 Å². The van der Waals surface area contributed by atoms with Crippen molar-refractivity contribution >= 4 is 6.21 Å². The zero-order valence-electron chi connectivity index (χ0n) is 7.05. The number of hydrogen-bond acceptors (Lipinski definition) is 2. The summed E-state index contributed by atoms with van der Waals surface area (Å²) >= 11 is 0. The second-order valence-corrected chi connectivity index (χ2v) is 2.90. The lowest BCUT2D eigenvalue weighted by Crippen LogP contribution is -2.29. The number of hydrogen-bond donors (Lipinski definition) is 2. The molecule has 0 aliphatic carbocycles. The van der Waals surface area contributed by atoms with E-state index in [1.807, 2.05) is 0 Å². The van der Waals surface area contributed by atoms with Crippen LogP contribution >= 0.6 is 0 Å². The van der Waals surface area contributed by atoms with Gasteiger partial charge in [0.25, 0.3) is 0 Å². The highest BCUT2D eigenvalue weighted by Gasteiger charge is 2.04. The van der Waals surface area contributed by atoms with E-state index in [9.17, 15) is 0 Å². The van der Waals surface area contributed by atoms with Crippen LogP contribution in [0.5, 0.6) is 0 Å². The third kappa shape index (κ3) is 3.49. The van der Waals surface area contributed by atoms with Crippen LogP contribution in [0, 0.1) is 0 Å². The van der Waals surface area contributed by atoms with Crippen LogP contribution in [0.25, 0.3) is 0 Å². The number of nitrogens with zero attached hydrogens (tertiary/aromatic N) is 1. The molecule has 3 heteroatoms. The fourth-order valence-corrected chi connectivity index (χ4v) is 1.34. The van der Waals surface area contributed by atoms with Gasteiger partial charge in [0.05, 0.1) is 6.54 Å². The van der Waals surface area contributed by atoms with E-state index in [4.69, 9.17) is 5.73 Å². The maximum atomic E-state index is 5.47. The zero-order chi connectivity index (χ0) is 7.94. The molecule has 0 spiro atoms. The summed E-state index contributed by atoms with van der Waals surface area (Å²) < 4.78 is 2.33. The SMILES string of the molecule is NCC[N+]1=CCCNCCC1. The third-order valence-corrected chi connectivity index (χ3v) is 1.92. The van der Waals surface area contributed by atoms with Crippen molar-refractivity contribution in [2.75, 3.05) is 32.7 Å². The van der Waals surface area contributed by atoms with Gasteiger partial charge in [0, 0.05) is 25.9 Å². The van der Waals surface area contributed by atoms with Crippen molar-refractivity contribution < 1.29 is 4.58 Å². The highest BCUT2D eigenvalue weighted by atomic mass is 15.0. The Labute approximate surface area is 68.3 Å². The molecule has 0 aromatic carbocycles. The summed E-state index contributed by atoms with van der Waals surface area (Å²) in [5.41, 5.74) is 5.47. The average molecular weight is 156 g/mol. The van der Waals surface area contributed by atoms with Crippen molar-refractivity contribution in [1.29, 1.82) is 0 Å². The fraction of sp³-hybridized carbons (Fsp3) is 0.875. The monoisotopic (exact) mass is 156 g/mol. The maximum Gasteiger partial charge on any atom is 0.154 e. The molecule has 11 heavy (non-hydrogen) atoms. The molecule has 0 saturated carbocycles. The lowest BCUT2D eigenvalue weighted by atomic mass is 10.3. The van der Waals surface area contributed by atoms with Crippen LogP contribution in [0.2, 0.25) is 0 Å². The van der Waals surface area contributed by atoms with E-state index in [1.54, 1.807) is 0 Å². The molecule has 1 heterocycles. The van der Waals surface area contributed by atoms with Gasteiger partial charge in [-0.2, -0.15) is 0 Å². The standard InChI is InChI=1S/C8H18N3/c9-3-8-11-6-1-4-10-5-2-7-11/h6,10H,1-5,7-9H2/q+1. The normalized spacial score (nSPS) is 20.3. The van der Waals surface area contributed by atoms with Crippen LogP contribution in [0.4, 0.5) is 0 Å². The van der Waals surface area contributed by atoms with Gasteiger partial charge in [0.1, 0.15) is 12.8 Å². The summed E-state index contributed by atoms with van der Waals surface area (Å²) in [6, 6.07) is 0. The number of nitrogens with two attached hydrogens (primary N) is 1. The van der Waals surface area contributed by atoms with E-state index in [0.29, 0.717) is 0 Å². The molecule has 0 radical (unpaired) electrons. The van der Waals surface area contributed by atoms with Crippen molar-refractivity contribution in [2.45, 2.75) is 12.8 Å². The maximum absolute atomic E-state index is 5.47. The summed E-state index contributed by atoms with van der Waals surface area (Å²) in [6.07, 6.45) is 4.63. The molecule has 0 saturated heterocycles. The Morgan fingerprint density at radius 2 is 2.36 bits per heavy atom. The van der Waals surface area contributed by atoms with E-state index >= 15 is 0 Å². The van der Waals surface area contributed by atoms with Crippen molar-refractivity contribution in [3.8, 4) is 0 Å². The zero-order valence-corrected chi connectivity index (χ0v) is 7.05. The number of rotatable bonds is 2. The van der Waals surface area contributed by atoms with Crippen LogP contribution in [-0.4, -0.2) is 43.5 Å².